The van der Waals surface area contributed by atoms with E-state index in [4.69, 9.17) is 0 Å². The van der Waals surface area contributed by atoms with Gasteiger partial charge in [-0.1, -0.05) is 20.8 Å². The van der Waals surface area contributed by atoms with E-state index in [9.17, 15) is 0 Å². The molecule has 1 heteroatoms. The van der Waals surface area contributed by atoms with Crippen LogP contribution in [0.5, 0.6) is 0 Å². The van der Waals surface area contributed by atoms with Gasteiger partial charge >= 0.3 is 0 Å². The fourth-order valence-electron chi connectivity index (χ4n) is 4.02. The number of nitrogens with one attached hydrogen (secondary N) is 1. The molecule has 0 heterocycles. The summed E-state index contributed by atoms with van der Waals surface area (Å²) < 4.78 is 0. The highest BCUT2D eigenvalue weighted by atomic mass is 15.0. The van der Waals surface area contributed by atoms with Crippen LogP contribution in [-0.2, 0) is 0 Å². The summed E-state index contributed by atoms with van der Waals surface area (Å²) in [5.41, 5.74) is 1.13. The Morgan fingerprint density at radius 2 is 1.92 bits per heavy atom. The van der Waals surface area contributed by atoms with Gasteiger partial charge in [-0.3, -0.25) is 0 Å². The SMILES string of the molecule is CN[C@H]1C(C)(C)[C@H]2CC[C@]1(C)C2. The zero-order chi connectivity index (χ0) is 8.98. The van der Waals surface area contributed by atoms with Crippen LogP contribution >= 0.6 is 0 Å². The summed E-state index contributed by atoms with van der Waals surface area (Å²) in [7, 11) is 2.12. The molecule has 0 aromatic rings. The Balaban J connectivity index is 2.31. The zero-order valence-corrected chi connectivity index (χ0v) is 8.78. The number of fused-ring (bicyclic) bond motifs is 2. The van der Waals surface area contributed by atoms with Crippen molar-refractivity contribution >= 4 is 0 Å². The van der Waals surface area contributed by atoms with Crippen LogP contribution in [0.1, 0.15) is 40.0 Å². The molecule has 1 nitrogen and oxygen atoms in total. The van der Waals surface area contributed by atoms with Crippen molar-refractivity contribution in [3.8, 4) is 0 Å². The van der Waals surface area contributed by atoms with Crippen LogP contribution in [-0.4, -0.2) is 13.1 Å². The minimum atomic E-state index is 0.530. The third-order valence-electron chi connectivity index (χ3n) is 4.56. The van der Waals surface area contributed by atoms with Gasteiger partial charge in [-0.05, 0) is 43.1 Å². The summed E-state index contributed by atoms with van der Waals surface area (Å²) in [6.07, 6.45) is 4.35. The van der Waals surface area contributed by atoms with Crippen LogP contribution in [0.4, 0.5) is 0 Å². The summed E-state index contributed by atoms with van der Waals surface area (Å²) in [5, 5.41) is 3.53. The van der Waals surface area contributed by atoms with E-state index >= 15 is 0 Å². The van der Waals surface area contributed by atoms with Crippen LogP contribution in [0.2, 0.25) is 0 Å². The van der Waals surface area contributed by atoms with Crippen molar-refractivity contribution in [1.82, 2.24) is 5.32 Å². The molecule has 0 spiro atoms. The Kier molecular flexibility index (Phi) is 1.61. The minimum absolute atomic E-state index is 0.530. The molecule has 0 aromatic heterocycles. The van der Waals surface area contributed by atoms with Crippen molar-refractivity contribution in [2.75, 3.05) is 7.05 Å². The molecule has 2 rings (SSSR count). The molecule has 0 aliphatic heterocycles. The van der Waals surface area contributed by atoms with Crippen LogP contribution < -0.4 is 5.32 Å². The van der Waals surface area contributed by atoms with Gasteiger partial charge in [0.2, 0.25) is 0 Å². The number of hydrogen-bond acceptors (Lipinski definition) is 1. The molecule has 2 fully saturated rings. The highest BCUT2D eigenvalue weighted by Crippen LogP contribution is 2.62. The van der Waals surface area contributed by atoms with Crippen molar-refractivity contribution in [3.05, 3.63) is 0 Å². The second-order valence-electron chi connectivity index (χ2n) is 5.64. The Hall–Kier alpha value is -0.0400. The Bertz CT molecular complexity index is 192. The summed E-state index contributed by atoms with van der Waals surface area (Å²) in [5.74, 6) is 0.972. The van der Waals surface area contributed by atoms with E-state index in [1.807, 2.05) is 0 Å². The van der Waals surface area contributed by atoms with Crippen LogP contribution in [0, 0.1) is 16.7 Å². The van der Waals surface area contributed by atoms with Crippen molar-refractivity contribution in [1.29, 1.82) is 0 Å². The third kappa shape index (κ3) is 0.834. The molecule has 0 unspecified atom stereocenters. The molecule has 2 aliphatic carbocycles. The summed E-state index contributed by atoms with van der Waals surface area (Å²) >= 11 is 0. The van der Waals surface area contributed by atoms with E-state index in [1.165, 1.54) is 19.3 Å². The lowest BCUT2D eigenvalue weighted by Gasteiger charge is -2.42. The molecule has 12 heavy (non-hydrogen) atoms. The molecule has 0 aromatic carbocycles. The lowest BCUT2D eigenvalue weighted by molar-refractivity contribution is 0.116. The number of rotatable bonds is 1. The maximum atomic E-state index is 3.53. The maximum Gasteiger partial charge on any atom is 0.0172 e. The summed E-state index contributed by atoms with van der Waals surface area (Å²) in [6.45, 7) is 7.33. The first-order valence-corrected chi connectivity index (χ1v) is 5.18. The van der Waals surface area contributed by atoms with Crippen LogP contribution in [0.25, 0.3) is 0 Å². The summed E-state index contributed by atoms with van der Waals surface area (Å²) in [4.78, 5) is 0. The second-order valence-corrected chi connectivity index (χ2v) is 5.64. The summed E-state index contributed by atoms with van der Waals surface area (Å²) in [6, 6.07) is 0.740. The lowest BCUT2D eigenvalue weighted by atomic mass is 9.68. The highest BCUT2D eigenvalue weighted by molar-refractivity contribution is 5.11. The fourth-order valence-corrected chi connectivity index (χ4v) is 4.02. The van der Waals surface area contributed by atoms with Gasteiger partial charge in [0.1, 0.15) is 0 Å². The molecule has 1 N–H and O–H groups in total. The molecule has 2 aliphatic rings. The Labute approximate surface area is 75.9 Å². The van der Waals surface area contributed by atoms with Crippen LogP contribution in [0.3, 0.4) is 0 Å². The largest absolute Gasteiger partial charge is 0.316 e. The monoisotopic (exact) mass is 167 g/mol. The fraction of sp³-hybridized carbons (Fsp3) is 1.00. The average Bonchev–Trinajstić information content (AvgIpc) is 2.39. The van der Waals surface area contributed by atoms with E-state index in [0.717, 1.165) is 12.0 Å². The topological polar surface area (TPSA) is 12.0 Å². The zero-order valence-electron chi connectivity index (χ0n) is 8.78. The van der Waals surface area contributed by atoms with E-state index in [0.29, 0.717) is 10.8 Å². The standard InChI is InChI=1S/C11H21N/c1-10(2)8-5-6-11(3,7-8)9(10)12-4/h8-9,12H,5-7H2,1-4H3/t8-,9-,11+/m0/s1. The van der Waals surface area contributed by atoms with Gasteiger partial charge < -0.3 is 5.32 Å². The van der Waals surface area contributed by atoms with E-state index in [2.05, 4.69) is 33.1 Å². The Morgan fingerprint density at radius 1 is 1.25 bits per heavy atom. The van der Waals surface area contributed by atoms with E-state index in [-0.39, 0.29) is 0 Å². The van der Waals surface area contributed by atoms with Crippen LogP contribution in [0.15, 0.2) is 0 Å². The van der Waals surface area contributed by atoms with E-state index < -0.39 is 0 Å². The third-order valence-corrected chi connectivity index (χ3v) is 4.56. The Morgan fingerprint density at radius 3 is 2.25 bits per heavy atom. The molecular weight excluding hydrogens is 146 g/mol. The second kappa shape index (κ2) is 2.25. The highest BCUT2D eigenvalue weighted by Gasteiger charge is 2.58. The van der Waals surface area contributed by atoms with Gasteiger partial charge in [0.15, 0.2) is 0 Å². The van der Waals surface area contributed by atoms with Gasteiger partial charge in [0.25, 0.3) is 0 Å². The van der Waals surface area contributed by atoms with Gasteiger partial charge in [0.05, 0.1) is 0 Å². The van der Waals surface area contributed by atoms with Gasteiger partial charge in [0, 0.05) is 6.04 Å². The smallest absolute Gasteiger partial charge is 0.0172 e. The van der Waals surface area contributed by atoms with Crippen molar-refractivity contribution in [2.24, 2.45) is 16.7 Å². The normalized spacial score (nSPS) is 50.0. The first-order chi connectivity index (χ1) is 5.50. The van der Waals surface area contributed by atoms with E-state index in [1.54, 1.807) is 0 Å². The van der Waals surface area contributed by atoms with Gasteiger partial charge in [-0.25, -0.2) is 0 Å². The first-order valence-electron chi connectivity index (χ1n) is 5.18. The minimum Gasteiger partial charge on any atom is -0.316 e. The average molecular weight is 167 g/mol. The van der Waals surface area contributed by atoms with Crippen molar-refractivity contribution in [2.45, 2.75) is 46.1 Å². The number of hydrogen-bond donors (Lipinski definition) is 1. The molecular formula is C11H21N. The molecule has 2 saturated carbocycles. The van der Waals surface area contributed by atoms with Crippen molar-refractivity contribution < 1.29 is 0 Å². The molecule has 0 saturated heterocycles. The predicted molar refractivity (Wildman–Crippen MR) is 52.1 cm³/mol. The molecule has 0 amide bonds. The van der Waals surface area contributed by atoms with Gasteiger partial charge in [-0.2, -0.15) is 0 Å². The van der Waals surface area contributed by atoms with Crippen molar-refractivity contribution in [3.63, 3.8) is 0 Å². The van der Waals surface area contributed by atoms with Gasteiger partial charge in [-0.15, -0.1) is 0 Å². The predicted octanol–water partition coefficient (Wildman–Crippen LogP) is 2.42. The first kappa shape index (κ1) is 8.55. The molecule has 3 atom stereocenters. The molecule has 2 bridgehead atoms. The molecule has 70 valence electrons. The molecule has 0 radical (unpaired) electrons. The maximum absolute atomic E-state index is 3.53. The quantitative estimate of drug-likeness (QED) is 0.632. The lowest BCUT2D eigenvalue weighted by Crippen LogP contribution is -2.48.